The molecule has 1 heterocycles. The van der Waals surface area contributed by atoms with Gasteiger partial charge in [0.1, 0.15) is 17.4 Å². The van der Waals surface area contributed by atoms with Crippen LogP contribution in [0.3, 0.4) is 0 Å². The number of aromatic nitrogens is 2. The lowest BCUT2D eigenvalue weighted by Gasteiger charge is -2.25. The number of guanidine groups is 1. The van der Waals surface area contributed by atoms with Gasteiger partial charge < -0.3 is 46.5 Å². The van der Waals surface area contributed by atoms with E-state index in [0.29, 0.717) is 36.2 Å². The van der Waals surface area contributed by atoms with Gasteiger partial charge in [-0.2, -0.15) is 4.98 Å². The number of nitrogens with zero attached hydrogens (tertiary/aromatic N) is 2. The first-order chi connectivity index (χ1) is 24.5. The Morgan fingerprint density at radius 2 is 1.65 bits per heavy atom. The minimum Gasteiger partial charge on any atom is -0.508 e. The average molecular weight is 723 g/mol. The summed E-state index contributed by atoms with van der Waals surface area (Å²) in [4.78, 5) is 56.2. The molecule has 3 rings (SSSR count). The predicted molar refractivity (Wildman–Crippen MR) is 192 cm³/mol. The molecule has 3 atom stereocenters. The monoisotopic (exact) mass is 722 g/mol. The predicted octanol–water partition coefficient (Wildman–Crippen LogP) is 3.57. The molecule has 16 nitrogen and oxygen atoms in total. The lowest BCUT2D eigenvalue weighted by atomic mass is 9.89. The van der Waals surface area contributed by atoms with Crippen LogP contribution in [-0.4, -0.2) is 81.0 Å². The third kappa shape index (κ3) is 13.9. The molecule has 16 heteroatoms. The maximum atomic E-state index is 14.3. The smallest absolute Gasteiger partial charge is 0.407 e. The molecule has 0 spiro atoms. The Morgan fingerprint density at radius 1 is 0.981 bits per heavy atom. The Kier molecular flexibility index (Phi) is 15.0. The molecule has 2 aromatic carbocycles. The molecular formula is C36H50N8O8. The van der Waals surface area contributed by atoms with E-state index in [-0.39, 0.29) is 55.7 Å². The number of phenolic OH excluding ortho intramolecular Hbond substituents is 1. The van der Waals surface area contributed by atoms with Crippen LogP contribution in [0.25, 0.3) is 0 Å². The van der Waals surface area contributed by atoms with Gasteiger partial charge in [0.15, 0.2) is 17.6 Å². The molecule has 0 unspecified atom stereocenters. The third-order valence-electron chi connectivity index (χ3n) is 8.04. The molecule has 0 radical (unpaired) electrons. The van der Waals surface area contributed by atoms with Gasteiger partial charge in [0.2, 0.25) is 11.8 Å². The van der Waals surface area contributed by atoms with Crippen LogP contribution >= 0.6 is 0 Å². The molecule has 0 saturated heterocycles. The number of alkyl carbamates (subject to hydrolysis) is 1. The maximum absolute atomic E-state index is 14.3. The summed E-state index contributed by atoms with van der Waals surface area (Å²) in [6.45, 7) is 9.10. The topological polar surface area (TPSA) is 255 Å². The Balaban J connectivity index is 1.89. The SMILES string of the molecule is Cc1cc(O)cc(C)c1C[C@H](NC(=O)[C@@H](CCNC(=N)N)NC(=O)O)C(=O)C[C@@H](CCCNC(=O)OC(C)(C)C)c1nc(Cc2ccccc2)no1. The number of carboxylic acid groups (broad SMARTS) is 1. The van der Waals surface area contributed by atoms with Gasteiger partial charge in [0.25, 0.3) is 0 Å². The maximum Gasteiger partial charge on any atom is 0.407 e. The number of aryl methyl sites for hydroxylation is 2. The Labute approximate surface area is 302 Å². The summed E-state index contributed by atoms with van der Waals surface area (Å²) in [5, 5.41) is 41.2. The number of nitrogens with two attached hydrogens (primary N) is 1. The van der Waals surface area contributed by atoms with Crippen LogP contribution < -0.4 is 27.0 Å². The quantitative estimate of drug-likeness (QED) is 0.0533. The van der Waals surface area contributed by atoms with E-state index in [4.69, 9.17) is 20.4 Å². The summed E-state index contributed by atoms with van der Waals surface area (Å²) in [5.41, 5.74) is 7.76. The molecule has 0 fully saturated rings. The number of Topliss-reactive ketones (excluding diaryl/α,β-unsaturated/α-hetero) is 1. The Morgan fingerprint density at radius 3 is 2.27 bits per heavy atom. The lowest BCUT2D eigenvalue weighted by Crippen LogP contribution is -2.53. The van der Waals surface area contributed by atoms with Crippen molar-refractivity contribution in [3.05, 3.63) is 76.4 Å². The first-order valence-corrected chi connectivity index (χ1v) is 17.0. The number of hydrogen-bond acceptors (Lipinski definition) is 10. The van der Waals surface area contributed by atoms with Crippen molar-refractivity contribution in [2.45, 2.75) is 96.7 Å². The van der Waals surface area contributed by atoms with E-state index in [9.17, 15) is 29.4 Å². The van der Waals surface area contributed by atoms with Gasteiger partial charge in [0.05, 0.1) is 6.04 Å². The van der Waals surface area contributed by atoms with Crippen molar-refractivity contribution in [1.29, 1.82) is 5.41 Å². The van der Waals surface area contributed by atoms with Crippen LogP contribution in [0.1, 0.15) is 86.3 Å². The van der Waals surface area contributed by atoms with Crippen molar-refractivity contribution in [2.75, 3.05) is 13.1 Å². The fraction of sp³-hybridized carbons (Fsp3) is 0.472. The molecule has 0 saturated carbocycles. The van der Waals surface area contributed by atoms with E-state index in [1.165, 1.54) is 0 Å². The number of benzene rings is 2. The van der Waals surface area contributed by atoms with Crippen LogP contribution in [0.4, 0.5) is 9.59 Å². The molecule has 0 aliphatic heterocycles. The number of hydrogen-bond donors (Lipinski definition) is 8. The standard InChI is InChI=1S/C36H50N8O8/c1-21-16-25(45)17-22(2)26(21)20-28(41-31(47)27(42-34(48)49)13-15-39-33(37)38)29(46)19-24(12-9-14-40-35(50)51-36(3,4)5)32-43-30(44-52-32)18-23-10-7-6-8-11-23/h6-8,10-11,16-17,24,27-28,42,45H,9,12-15,18-20H2,1-5H3,(H,40,50)(H,41,47)(H,48,49)(H4,37,38,39)/t24-,27-,28+/m1/s1. The summed E-state index contributed by atoms with van der Waals surface area (Å²) in [7, 11) is 0. The van der Waals surface area contributed by atoms with Crippen molar-refractivity contribution < 1.29 is 38.7 Å². The van der Waals surface area contributed by atoms with Gasteiger partial charge in [-0.25, -0.2) is 9.59 Å². The minimum atomic E-state index is -1.45. The number of phenols is 1. The molecule has 1 aromatic heterocycles. The second kappa shape index (κ2) is 19.1. The summed E-state index contributed by atoms with van der Waals surface area (Å²) in [6, 6.07) is 10.3. The zero-order valence-electron chi connectivity index (χ0n) is 30.2. The van der Waals surface area contributed by atoms with Crippen LogP contribution in [0, 0.1) is 19.3 Å². The van der Waals surface area contributed by atoms with E-state index in [1.807, 2.05) is 30.3 Å². The van der Waals surface area contributed by atoms with E-state index < -0.39 is 41.7 Å². The molecule has 0 aliphatic carbocycles. The number of carbonyl (C=O) groups is 4. The fourth-order valence-electron chi connectivity index (χ4n) is 5.62. The highest BCUT2D eigenvalue weighted by Crippen LogP contribution is 2.27. The van der Waals surface area contributed by atoms with Crippen molar-refractivity contribution in [2.24, 2.45) is 5.73 Å². The van der Waals surface area contributed by atoms with E-state index in [2.05, 4.69) is 31.4 Å². The molecule has 9 N–H and O–H groups in total. The van der Waals surface area contributed by atoms with E-state index in [1.54, 1.807) is 46.8 Å². The minimum absolute atomic E-state index is 0.0182. The highest BCUT2D eigenvalue weighted by atomic mass is 16.6. The fourth-order valence-corrected chi connectivity index (χ4v) is 5.62. The van der Waals surface area contributed by atoms with E-state index in [0.717, 1.165) is 11.1 Å². The molecule has 282 valence electrons. The largest absolute Gasteiger partial charge is 0.508 e. The molecule has 3 amide bonds. The van der Waals surface area contributed by atoms with Crippen LogP contribution in [0.15, 0.2) is 47.0 Å². The third-order valence-corrected chi connectivity index (χ3v) is 8.04. The van der Waals surface area contributed by atoms with Crippen LogP contribution in [-0.2, 0) is 27.2 Å². The summed E-state index contributed by atoms with van der Waals surface area (Å²) in [5.74, 6) is -1.38. The summed E-state index contributed by atoms with van der Waals surface area (Å²) in [6.07, 6.45) is -0.990. The zero-order chi connectivity index (χ0) is 38.4. The number of nitrogens with one attached hydrogen (secondary N) is 5. The first-order valence-electron chi connectivity index (χ1n) is 17.0. The molecule has 52 heavy (non-hydrogen) atoms. The highest BCUT2D eigenvalue weighted by molar-refractivity contribution is 5.92. The number of ether oxygens (including phenoxy) is 1. The number of aromatic hydroxyl groups is 1. The zero-order valence-corrected chi connectivity index (χ0v) is 30.2. The Bertz CT molecular complexity index is 1670. The number of amides is 3. The van der Waals surface area contributed by atoms with Crippen molar-refractivity contribution in [3.63, 3.8) is 0 Å². The highest BCUT2D eigenvalue weighted by Gasteiger charge is 2.31. The van der Waals surface area contributed by atoms with Crippen LogP contribution in [0.5, 0.6) is 5.75 Å². The van der Waals surface area contributed by atoms with Gasteiger partial charge in [-0.3, -0.25) is 15.0 Å². The summed E-state index contributed by atoms with van der Waals surface area (Å²) < 4.78 is 11.0. The van der Waals surface area contributed by atoms with Gasteiger partial charge in [-0.1, -0.05) is 35.5 Å². The molecule has 0 bridgehead atoms. The van der Waals surface area contributed by atoms with Crippen LogP contribution in [0.2, 0.25) is 0 Å². The van der Waals surface area contributed by atoms with Crippen molar-refractivity contribution in [3.8, 4) is 5.75 Å². The van der Waals surface area contributed by atoms with Gasteiger partial charge in [-0.05, 0) is 88.3 Å². The second-order valence-electron chi connectivity index (χ2n) is 13.6. The van der Waals surface area contributed by atoms with Gasteiger partial charge in [0, 0.05) is 38.3 Å². The second-order valence-corrected chi connectivity index (χ2v) is 13.6. The average Bonchev–Trinajstić information content (AvgIpc) is 3.50. The van der Waals surface area contributed by atoms with Crippen molar-refractivity contribution in [1.82, 2.24) is 31.4 Å². The van der Waals surface area contributed by atoms with Crippen molar-refractivity contribution >= 4 is 29.8 Å². The Hall–Kier alpha value is -5.67. The molecular weight excluding hydrogens is 672 g/mol. The molecule has 0 aliphatic rings. The van der Waals surface area contributed by atoms with E-state index >= 15 is 0 Å². The summed E-state index contributed by atoms with van der Waals surface area (Å²) >= 11 is 0. The van der Waals surface area contributed by atoms with Gasteiger partial charge >= 0.3 is 12.2 Å². The number of ketones is 1. The lowest BCUT2D eigenvalue weighted by molar-refractivity contribution is -0.129. The normalized spacial score (nSPS) is 12.9. The van der Waals surface area contributed by atoms with Gasteiger partial charge in [-0.15, -0.1) is 0 Å². The first kappa shape index (κ1) is 40.8. The molecule has 3 aromatic rings. The number of carbonyl (C=O) groups excluding carboxylic acids is 3. The number of rotatable bonds is 18.